The van der Waals surface area contributed by atoms with Crippen LogP contribution in [-0.2, 0) is 15.7 Å². The lowest BCUT2D eigenvalue weighted by Crippen LogP contribution is -2.27. The molecule has 0 aliphatic heterocycles. The van der Waals surface area contributed by atoms with Crippen molar-refractivity contribution in [2.75, 3.05) is 12.4 Å². The van der Waals surface area contributed by atoms with Gasteiger partial charge in [-0.05, 0) is 19.1 Å². The smallest absolute Gasteiger partial charge is 0.433 e. The van der Waals surface area contributed by atoms with Crippen LogP contribution in [0.4, 0.5) is 18.9 Å². The van der Waals surface area contributed by atoms with Gasteiger partial charge in [0.05, 0.1) is 19.0 Å². The Morgan fingerprint density at radius 2 is 2.12 bits per heavy atom. The maximum atomic E-state index is 12.2. The van der Waals surface area contributed by atoms with Crippen molar-refractivity contribution in [1.82, 2.24) is 4.98 Å². The molecule has 0 fully saturated rings. The molecule has 0 saturated carbocycles. The zero-order valence-corrected chi connectivity index (χ0v) is 9.21. The van der Waals surface area contributed by atoms with Gasteiger partial charge in [-0.25, -0.2) is 9.78 Å². The maximum Gasteiger partial charge on any atom is 0.433 e. The first-order valence-corrected chi connectivity index (χ1v) is 4.72. The molecule has 1 N–H and O–H groups in total. The Morgan fingerprint density at radius 1 is 1.47 bits per heavy atom. The highest BCUT2D eigenvalue weighted by Gasteiger charge is 2.32. The molecular weight excluding hydrogens is 237 g/mol. The summed E-state index contributed by atoms with van der Waals surface area (Å²) in [6, 6.07) is 1.39. The molecule has 4 nitrogen and oxygen atoms in total. The summed E-state index contributed by atoms with van der Waals surface area (Å²) in [6.45, 7) is 1.53. The van der Waals surface area contributed by atoms with Gasteiger partial charge in [0.25, 0.3) is 0 Å². The summed E-state index contributed by atoms with van der Waals surface area (Å²) in [5.74, 6) is -0.509. The summed E-state index contributed by atoms with van der Waals surface area (Å²) >= 11 is 0. The third-order valence-electron chi connectivity index (χ3n) is 1.99. The van der Waals surface area contributed by atoms with Gasteiger partial charge in [-0.3, -0.25) is 0 Å². The number of hydrogen-bond donors (Lipinski definition) is 1. The molecule has 7 heteroatoms. The number of halogens is 3. The minimum atomic E-state index is -4.47. The van der Waals surface area contributed by atoms with E-state index in [1.54, 1.807) is 0 Å². The number of carbonyl (C=O) groups excluding carboxylic acids is 1. The van der Waals surface area contributed by atoms with Crippen LogP contribution in [0.15, 0.2) is 18.3 Å². The Kier molecular flexibility index (Phi) is 3.93. The number of nitrogens with zero attached hydrogens (tertiary/aromatic N) is 1. The summed E-state index contributed by atoms with van der Waals surface area (Å²) in [5, 5.41) is 2.67. The number of rotatable bonds is 3. The molecule has 1 unspecified atom stereocenters. The number of anilines is 1. The predicted molar refractivity (Wildman–Crippen MR) is 54.3 cm³/mol. The molecule has 0 saturated heterocycles. The second-order valence-electron chi connectivity index (χ2n) is 3.32. The Morgan fingerprint density at radius 3 is 2.53 bits per heavy atom. The topological polar surface area (TPSA) is 51.2 Å². The lowest BCUT2D eigenvalue weighted by atomic mass is 10.3. The van der Waals surface area contributed by atoms with Gasteiger partial charge in [0.1, 0.15) is 11.7 Å². The fourth-order valence-electron chi connectivity index (χ4n) is 1.13. The molecule has 1 aromatic rings. The van der Waals surface area contributed by atoms with Gasteiger partial charge in [-0.15, -0.1) is 0 Å². The number of alkyl halides is 3. The van der Waals surface area contributed by atoms with Crippen molar-refractivity contribution >= 4 is 11.7 Å². The van der Waals surface area contributed by atoms with Gasteiger partial charge >= 0.3 is 12.1 Å². The molecule has 94 valence electrons. The molecule has 1 rings (SSSR count). The van der Waals surface area contributed by atoms with E-state index in [0.717, 1.165) is 12.3 Å². The van der Waals surface area contributed by atoms with Crippen molar-refractivity contribution in [2.45, 2.75) is 19.1 Å². The van der Waals surface area contributed by atoms with E-state index in [1.807, 2.05) is 0 Å². The van der Waals surface area contributed by atoms with Crippen LogP contribution in [0.2, 0.25) is 0 Å². The van der Waals surface area contributed by atoms with Gasteiger partial charge in [0.2, 0.25) is 0 Å². The van der Waals surface area contributed by atoms with Gasteiger partial charge < -0.3 is 10.1 Å². The Labute approximate surface area is 95.8 Å². The molecule has 17 heavy (non-hydrogen) atoms. The van der Waals surface area contributed by atoms with E-state index in [2.05, 4.69) is 15.0 Å². The van der Waals surface area contributed by atoms with Crippen molar-refractivity contribution < 1.29 is 22.7 Å². The molecule has 1 aromatic heterocycles. The van der Waals surface area contributed by atoms with Crippen LogP contribution in [0, 0.1) is 0 Å². The summed E-state index contributed by atoms with van der Waals surface area (Å²) < 4.78 is 41.1. The van der Waals surface area contributed by atoms with Crippen LogP contribution < -0.4 is 5.32 Å². The number of methoxy groups -OCH3 is 1. The van der Waals surface area contributed by atoms with Gasteiger partial charge in [0.15, 0.2) is 0 Å². The highest BCUT2D eigenvalue weighted by Crippen LogP contribution is 2.27. The highest BCUT2D eigenvalue weighted by molar-refractivity contribution is 5.78. The zero-order valence-electron chi connectivity index (χ0n) is 9.21. The number of carbonyl (C=O) groups is 1. The van der Waals surface area contributed by atoms with E-state index in [1.165, 1.54) is 20.1 Å². The third kappa shape index (κ3) is 3.61. The van der Waals surface area contributed by atoms with Crippen LogP contribution in [-0.4, -0.2) is 24.1 Å². The number of ether oxygens (including phenoxy) is 1. The molecule has 0 bridgehead atoms. The van der Waals surface area contributed by atoms with E-state index in [-0.39, 0.29) is 0 Å². The van der Waals surface area contributed by atoms with Crippen LogP contribution in [0.5, 0.6) is 0 Å². The quantitative estimate of drug-likeness (QED) is 0.832. The summed E-state index contributed by atoms with van der Waals surface area (Å²) in [6.07, 6.45) is -3.45. The lowest BCUT2D eigenvalue weighted by molar-refractivity contribution is -0.142. The van der Waals surface area contributed by atoms with E-state index in [0.29, 0.717) is 5.69 Å². The minimum absolute atomic E-state index is 0.316. The van der Waals surface area contributed by atoms with Crippen molar-refractivity contribution in [3.05, 3.63) is 24.0 Å². The molecular formula is C10H11F3N2O2. The van der Waals surface area contributed by atoms with Gasteiger partial charge in [-0.1, -0.05) is 0 Å². The second-order valence-corrected chi connectivity index (χ2v) is 3.32. The minimum Gasteiger partial charge on any atom is -0.467 e. The fourth-order valence-corrected chi connectivity index (χ4v) is 1.13. The van der Waals surface area contributed by atoms with E-state index in [4.69, 9.17) is 0 Å². The number of hydrogen-bond acceptors (Lipinski definition) is 4. The first-order chi connectivity index (χ1) is 7.84. The molecule has 0 aliphatic rings. The maximum absolute atomic E-state index is 12.2. The molecule has 1 atom stereocenters. The normalized spacial score (nSPS) is 13.0. The van der Waals surface area contributed by atoms with Crippen molar-refractivity contribution in [1.29, 1.82) is 0 Å². The number of pyridine rings is 1. The molecule has 0 amide bonds. The van der Waals surface area contributed by atoms with Crippen LogP contribution in [0.3, 0.4) is 0 Å². The summed E-state index contributed by atoms with van der Waals surface area (Å²) in [5.41, 5.74) is -0.662. The van der Waals surface area contributed by atoms with Crippen LogP contribution in [0.25, 0.3) is 0 Å². The monoisotopic (exact) mass is 248 g/mol. The first kappa shape index (κ1) is 13.3. The molecule has 0 aromatic carbocycles. The Bertz CT molecular complexity index is 390. The first-order valence-electron chi connectivity index (χ1n) is 4.72. The molecule has 1 heterocycles. The fraction of sp³-hybridized carbons (Fsp3) is 0.400. The van der Waals surface area contributed by atoms with E-state index in [9.17, 15) is 18.0 Å². The SMILES string of the molecule is COC(=O)C(C)Nc1ccc(C(F)(F)F)nc1. The molecule has 0 radical (unpaired) electrons. The molecule has 0 aliphatic carbocycles. The predicted octanol–water partition coefficient (Wildman–Crippen LogP) is 2.07. The van der Waals surface area contributed by atoms with Gasteiger partial charge in [0, 0.05) is 0 Å². The Hall–Kier alpha value is -1.79. The largest absolute Gasteiger partial charge is 0.467 e. The van der Waals surface area contributed by atoms with E-state index < -0.39 is 23.9 Å². The average molecular weight is 248 g/mol. The highest BCUT2D eigenvalue weighted by atomic mass is 19.4. The van der Waals surface area contributed by atoms with Crippen molar-refractivity contribution in [2.24, 2.45) is 0 Å². The third-order valence-corrected chi connectivity index (χ3v) is 1.99. The van der Waals surface area contributed by atoms with Crippen LogP contribution in [0.1, 0.15) is 12.6 Å². The number of nitrogens with one attached hydrogen (secondary N) is 1. The zero-order chi connectivity index (χ0) is 13.1. The van der Waals surface area contributed by atoms with E-state index >= 15 is 0 Å². The summed E-state index contributed by atoms with van der Waals surface area (Å²) in [7, 11) is 1.23. The van der Waals surface area contributed by atoms with Crippen molar-refractivity contribution in [3.63, 3.8) is 0 Å². The Balaban J connectivity index is 2.72. The van der Waals surface area contributed by atoms with Crippen LogP contribution >= 0.6 is 0 Å². The number of esters is 1. The average Bonchev–Trinajstić information content (AvgIpc) is 2.27. The molecule has 0 spiro atoms. The standard InChI is InChI=1S/C10H11F3N2O2/c1-6(9(16)17-2)15-7-3-4-8(14-5-7)10(11,12)13/h3-6,15H,1-2H3. The summed E-state index contributed by atoms with van der Waals surface area (Å²) in [4.78, 5) is 14.3. The lowest BCUT2D eigenvalue weighted by Gasteiger charge is -2.13. The van der Waals surface area contributed by atoms with Gasteiger partial charge in [-0.2, -0.15) is 13.2 Å². The second kappa shape index (κ2) is 5.03. The number of aromatic nitrogens is 1. The van der Waals surface area contributed by atoms with Crippen molar-refractivity contribution in [3.8, 4) is 0 Å².